The van der Waals surface area contributed by atoms with E-state index in [0.717, 1.165) is 0 Å². The Morgan fingerprint density at radius 1 is 1.24 bits per heavy atom. The molecule has 0 rings (SSSR count). The van der Waals surface area contributed by atoms with Crippen LogP contribution in [0.1, 0.15) is 20.3 Å². The molecule has 17 heavy (non-hydrogen) atoms. The zero-order valence-electron chi connectivity index (χ0n) is 9.67. The highest BCUT2D eigenvalue weighted by molar-refractivity contribution is 5.99. The Labute approximate surface area is 97.1 Å². The van der Waals surface area contributed by atoms with Crippen molar-refractivity contribution in [2.24, 2.45) is 5.92 Å². The molecule has 0 aromatic heterocycles. The number of hydrogen-bond acceptors (Lipinski definition) is 4. The highest BCUT2D eigenvalue weighted by atomic mass is 19.4. The van der Waals surface area contributed by atoms with Crippen molar-refractivity contribution in [1.29, 1.82) is 0 Å². The number of hydrogen-bond donors (Lipinski definition) is 0. The van der Waals surface area contributed by atoms with E-state index >= 15 is 0 Å². The monoisotopic (exact) mass is 256 g/mol. The molecule has 0 saturated carbocycles. The normalized spacial score (nSPS) is 13.2. The topological polar surface area (TPSA) is 52.6 Å². The van der Waals surface area contributed by atoms with Crippen molar-refractivity contribution < 1.29 is 32.2 Å². The van der Waals surface area contributed by atoms with Gasteiger partial charge in [0.15, 0.2) is 5.78 Å². The Balaban J connectivity index is 4.13. The first-order valence-electron chi connectivity index (χ1n) is 5.15. The van der Waals surface area contributed by atoms with E-state index in [-0.39, 0.29) is 13.0 Å². The van der Waals surface area contributed by atoms with Gasteiger partial charge in [-0.05, 0) is 13.3 Å². The predicted molar refractivity (Wildman–Crippen MR) is 52.3 cm³/mol. The minimum Gasteiger partial charge on any atom is -0.465 e. The Hall–Kier alpha value is -1.11. The summed E-state index contributed by atoms with van der Waals surface area (Å²) in [6.45, 7) is 1.03. The van der Waals surface area contributed by atoms with Crippen molar-refractivity contribution in [2.45, 2.75) is 26.4 Å². The van der Waals surface area contributed by atoms with Crippen LogP contribution in [0.3, 0.4) is 0 Å². The fourth-order valence-corrected chi connectivity index (χ4v) is 1.14. The van der Waals surface area contributed by atoms with Crippen LogP contribution in [-0.2, 0) is 19.1 Å². The molecule has 0 aromatic rings. The molecule has 0 radical (unpaired) electrons. The highest BCUT2D eigenvalue weighted by Gasteiger charge is 2.30. The summed E-state index contributed by atoms with van der Waals surface area (Å²) in [4.78, 5) is 22.6. The number of rotatable bonds is 7. The minimum atomic E-state index is -4.48. The standard InChI is InChI=1S/C10H15F3O4/c1-3-7(9(15)17-4-2)8(14)5-16-6-10(11,12)13/h7H,3-6H2,1-2H3. The second-order valence-electron chi connectivity index (χ2n) is 3.29. The first-order valence-corrected chi connectivity index (χ1v) is 5.15. The molecule has 1 unspecified atom stereocenters. The molecule has 7 heteroatoms. The third-order valence-corrected chi connectivity index (χ3v) is 1.88. The second kappa shape index (κ2) is 7.26. The van der Waals surface area contributed by atoms with Crippen LogP contribution >= 0.6 is 0 Å². The van der Waals surface area contributed by atoms with Gasteiger partial charge in [-0.2, -0.15) is 13.2 Å². The first-order chi connectivity index (χ1) is 7.81. The SMILES string of the molecule is CCOC(=O)C(CC)C(=O)COCC(F)(F)F. The molecule has 4 nitrogen and oxygen atoms in total. The molecule has 0 aromatic carbocycles. The van der Waals surface area contributed by atoms with Crippen molar-refractivity contribution >= 4 is 11.8 Å². The lowest BCUT2D eigenvalue weighted by atomic mass is 10.0. The lowest BCUT2D eigenvalue weighted by Crippen LogP contribution is -2.30. The smallest absolute Gasteiger partial charge is 0.411 e. The average molecular weight is 256 g/mol. The van der Waals surface area contributed by atoms with Gasteiger partial charge in [0.2, 0.25) is 0 Å². The van der Waals surface area contributed by atoms with E-state index in [2.05, 4.69) is 9.47 Å². The zero-order chi connectivity index (χ0) is 13.5. The van der Waals surface area contributed by atoms with Crippen molar-refractivity contribution in [2.75, 3.05) is 19.8 Å². The van der Waals surface area contributed by atoms with Crippen molar-refractivity contribution in [1.82, 2.24) is 0 Å². The zero-order valence-corrected chi connectivity index (χ0v) is 9.67. The fourth-order valence-electron chi connectivity index (χ4n) is 1.14. The first kappa shape index (κ1) is 15.9. The van der Waals surface area contributed by atoms with E-state index in [1.54, 1.807) is 13.8 Å². The lowest BCUT2D eigenvalue weighted by molar-refractivity contribution is -0.176. The van der Waals surface area contributed by atoms with Gasteiger partial charge in [-0.3, -0.25) is 9.59 Å². The summed E-state index contributed by atoms with van der Waals surface area (Å²) in [6, 6.07) is 0. The van der Waals surface area contributed by atoms with Crippen molar-refractivity contribution in [3.8, 4) is 0 Å². The van der Waals surface area contributed by atoms with Gasteiger partial charge in [0, 0.05) is 0 Å². The third-order valence-electron chi connectivity index (χ3n) is 1.88. The second-order valence-corrected chi connectivity index (χ2v) is 3.29. The molecular weight excluding hydrogens is 241 g/mol. The Bertz CT molecular complexity index is 263. The summed E-state index contributed by atoms with van der Waals surface area (Å²) in [7, 11) is 0. The maximum Gasteiger partial charge on any atom is 0.411 e. The Morgan fingerprint density at radius 2 is 1.82 bits per heavy atom. The van der Waals surface area contributed by atoms with Crippen molar-refractivity contribution in [3.05, 3.63) is 0 Å². The van der Waals surface area contributed by atoms with Gasteiger partial charge in [-0.25, -0.2) is 0 Å². The summed E-state index contributed by atoms with van der Waals surface area (Å²) in [6.07, 6.45) is -4.31. The summed E-state index contributed by atoms with van der Waals surface area (Å²) in [5.74, 6) is -2.48. The van der Waals surface area contributed by atoms with Gasteiger partial charge in [0.25, 0.3) is 0 Å². The summed E-state index contributed by atoms with van der Waals surface area (Å²) in [5.41, 5.74) is 0. The van der Waals surface area contributed by atoms with Crippen LogP contribution in [0.15, 0.2) is 0 Å². The van der Waals surface area contributed by atoms with E-state index in [4.69, 9.17) is 0 Å². The van der Waals surface area contributed by atoms with Gasteiger partial charge < -0.3 is 9.47 Å². The van der Waals surface area contributed by atoms with Gasteiger partial charge >= 0.3 is 12.1 Å². The van der Waals surface area contributed by atoms with Crippen LogP contribution in [-0.4, -0.2) is 37.7 Å². The maximum absolute atomic E-state index is 11.7. The summed E-state index contributed by atoms with van der Waals surface area (Å²) < 4.78 is 44.0. The van der Waals surface area contributed by atoms with Crippen LogP contribution in [0.5, 0.6) is 0 Å². The number of halogens is 3. The molecule has 100 valence electrons. The molecule has 0 aliphatic heterocycles. The molecule has 0 bridgehead atoms. The summed E-state index contributed by atoms with van der Waals surface area (Å²) >= 11 is 0. The van der Waals surface area contributed by atoms with E-state index < -0.39 is 37.1 Å². The predicted octanol–water partition coefficient (Wildman–Crippen LogP) is 1.72. The molecule has 0 N–H and O–H groups in total. The van der Waals surface area contributed by atoms with Crippen LogP contribution < -0.4 is 0 Å². The Kier molecular flexibility index (Phi) is 6.79. The maximum atomic E-state index is 11.7. The highest BCUT2D eigenvalue weighted by Crippen LogP contribution is 2.15. The largest absolute Gasteiger partial charge is 0.465 e. The third kappa shape index (κ3) is 6.93. The number of esters is 1. The van der Waals surface area contributed by atoms with Crippen LogP contribution in [0.4, 0.5) is 13.2 Å². The van der Waals surface area contributed by atoms with E-state index in [1.165, 1.54) is 0 Å². The van der Waals surface area contributed by atoms with E-state index in [9.17, 15) is 22.8 Å². The van der Waals surface area contributed by atoms with Crippen LogP contribution in [0.2, 0.25) is 0 Å². The van der Waals surface area contributed by atoms with E-state index in [0.29, 0.717) is 0 Å². The van der Waals surface area contributed by atoms with E-state index in [1.807, 2.05) is 0 Å². The molecule has 0 heterocycles. The number of Topliss-reactive ketones (excluding diaryl/α,β-unsaturated/α-hetero) is 1. The molecular formula is C10H15F3O4. The molecule has 0 saturated heterocycles. The fraction of sp³-hybridized carbons (Fsp3) is 0.800. The molecule has 0 aliphatic rings. The number of alkyl halides is 3. The van der Waals surface area contributed by atoms with Crippen molar-refractivity contribution in [3.63, 3.8) is 0 Å². The minimum absolute atomic E-state index is 0.117. The van der Waals surface area contributed by atoms with Crippen LogP contribution in [0.25, 0.3) is 0 Å². The van der Waals surface area contributed by atoms with Gasteiger partial charge in [0.1, 0.15) is 19.1 Å². The average Bonchev–Trinajstić information content (AvgIpc) is 2.17. The van der Waals surface area contributed by atoms with Gasteiger partial charge in [-0.15, -0.1) is 0 Å². The van der Waals surface area contributed by atoms with Gasteiger partial charge in [0.05, 0.1) is 6.61 Å². The number of ether oxygens (including phenoxy) is 2. The van der Waals surface area contributed by atoms with Crippen LogP contribution in [0, 0.1) is 5.92 Å². The summed E-state index contributed by atoms with van der Waals surface area (Å²) in [5, 5.41) is 0. The molecule has 0 fully saturated rings. The lowest BCUT2D eigenvalue weighted by Gasteiger charge is -2.13. The number of carbonyl (C=O) groups is 2. The molecule has 0 amide bonds. The Morgan fingerprint density at radius 3 is 2.24 bits per heavy atom. The number of carbonyl (C=O) groups excluding carboxylic acids is 2. The quantitative estimate of drug-likeness (QED) is 0.514. The molecule has 0 aliphatic carbocycles. The van der Waals surface area contributed by atoms with Gasteiger partial charge in [-0.1, -0.05) is 6.92 Å². The number of ketones is 1. The molecule has 1 atom stereocenters. The molecule has 0 spiro atoms.